The lowest BCUT2D eigenvalue weighted by molar-refractivity contribution is -0.384. The van der Waals surface area contributed by atoms with Crippen molar-refractivity contribution in [2.75, 3.05) is 0 Å². The normalized spacial score (nSPS) is 11.4. The Morgan fingerprint density at radius 1 is 1.15 bits per heavy atom. The maximum absolute atomic E-state index is 13.0. The molecule has 0 N–H and O–H groups in total. The Bertz CT molecular complexity index is 997. The van der Waals surface area contributed by atoms with E-state index < -0.39 is 4.92 Å². The van der Waals surface area contributed by atoms with Gasteiger partial charge < -0.3 is 4.57 Å². The fraction of sp³-hybridized carbons (Fsp3) is 0. The summed E-state index contributed by atoms with van der Waals surface area (Å²) in [4.78, 5) is 27.3. The van der Waals surface area contributed by atoms with Gasteiger partial charge in [0.2, 0.25) is 5.78 Å². The Labute approximate surface area is 158 Å². The molecule has 0 aliphatic carbocycles. The number of carbonyl (C=O) groups is 1. The molecule has 1 aromatic heterocycles. The van der Waals surface area contributed by atoms with E-state index in [1.807, 2.05) is 0 Å². The van der Waals surface area contributed by atoms with Crippen LogP contribution in [-0.4, -0.2) is 20.3 Å². The monoisotopic (exact) mass is 387 g/mol. The molecule has 8 heteroatoms. The summed E-state index contributed by atoms with van der Waals surface area (Å²) in [6.07, 6.45) is 6.26. The third-order valence-corrected chi connectivity index (χ3v) is 4.15. The molecule has 0 amide bonds. The van der Waals surface area contributed by atoms with Crippen LogP contribution in [0.15, 0.2) is 61.2 Å². The molecule has 0 aliphatic rings. The van der Waals surface area contributed by atoms with E-state index in [9.17, 15) is 14.9 Å². The molecule has 0 spiro atoms. The summed E-state index contributed by atoms with van der Waals surface area (Å²) in [7, 11) is 0. The van der Waals surface area contributed by atoms with Crippen LogP contribution in [0.2, 0.25) is 10.0 Å². The van der Waals surface area contributed by atoms with Crippen molar-refractivity contribution in [2.24, 2.45) is 0 Å². The van der Waals surface area contributed by atoms with Crippen molar-refractivity contribution in [3.05, 3.63) is 92.5 Å². The highest BCUT2D eigenvalue weighted by molar-refractivity contribution is 6.40. The first-order chi connectivity index (χ1) is 12.5. The van der Waals surface area contributed by atoms with Crippen molar-refractivity contribution in [3.63, 3.8) is 0 Å². The van der Waals surface area contributed by atoms with Crippen LogP contribution < -0.4 is 0 Å². The molecular formula is C18H11Cl2N3O3. The lowest BCUT2D eigenvalue weighted by atomic mass is 10.1. The van der Waals surface area contributed by atoms with Gasteiger partial charge in [0.25, 0.3) is 5.69 Å². The maximum atomic E-state index is 13.0. The second-order valence-corrected chi connectivity index (χ2v) is 6.15. The molecule has 0 fully saturated rings. The van der Waals surface area contributed by atoms with Crippen molar-refractivity contribution in [2.45, 2.75) is 0 Å². The summed E-state index contributed by atoms with van der Waals surface area (Å²) >= 11 is 12.0. The first-order valence-electron chi connectivity index (χ1n) is 7.40. The zero-order valence-corrected chi connectivity index (χ0v) is 14.7. The summed E-state index contributed by atoms with van der Waals surface area (Å²) in [6.45, 7) is 0. The molecule has 1 heterocycles. The third-order valence-electron chi connectivity index (χ3n) is 3.60. The summed E-state index contributed by atoms with van der Waals surface area (Å²) in [5.74, 6) is -0.331. The van der Waals surface area contributed by atoms with Gasteiger partial charge in [-0.25, -0.2) is 4.98 Å². The van der Waals surface area contributed by atoms with E-state index in [0.717, 1.165) is 0 Å². The van der Waals surface area contributed by atoms with Crippen LogP contribution in [0.5, 0.6) is 0 Å². The Morgan fingerprint density at radius 3 is 2.46 bits per heavy atom. The maximum Gasteiger partial charge on any atom is 0.269 e. The number of halogens is 2. The number of Topliss-reactive ketones (excluding diaryl/α,β-unsaturated/α-hetero) is 1. The molecular weight excluding hydrogens is 377 g/mol. The smallest absolute Gasteiger partial charge is 0.269 e. The number of hydrogen-bond acceptors (Lipinski definition) is 4. The van der Waals surface area contributed by atoms with Crippen LogP contribution in [0.4, 0.5) is 5.69 Å². The Balaban J connectivity index is 2.05. The SMILES string of the molecule is O=C(C(=Cc1ccc([N+](=O)[O-])cc1)n1ccnc1)c1ccc(Cl)cc1Cl. The molecule has 0 radical (unpaired) electrons. The minimum atomic E-state index is -0.483. The molecule has 0 saturated carbocycles. The van der Waals surface area contributed by atoms with Crippen LogP contribution in [-0.2, 0) is 0 Å². The second kappa shape index (κ2) is 7.51. The van der Waals surface area contributed by atoms with Gasteiger partial charge in [-0.2, -0.15) is 0 Å². The van der Waals surface area contributed by atoms with Gasteiger partial charge in [-0.3, -0.25) is 14.9 Å². The van der Waals surface area contributed by atoms with Gasteiger partial charge in [0, 0.05) is 35.1 Å². The number of imidazole rings is 1. The summed E-state index contributed by atoms with van der Waals surface area (Å²) < 4.78 is 1.55. The average Bonchev–Trinajstić information content (AvgIpc) is 3.14. The van der Waals surface area contributed by atoms with Crippen molar-refractivity contribution in [3.8, 4) is 0 Å². The highest BCUT2D eigenvalue weighted by Gasteiger charge is 2.18. The lowest BCUT2D eigenvalue weighted by Gasteiger charge is -2.10. The van der Waals surface area contributed by atoms with E-state index in [-0.39, 0.29) is 22.1 Å². The van der Waals surface area contributed by atoms with Gasteiger partial charge in [-0.15, -0.1) is 0 Å². The first-order valence-corrected chi connectivity index (χ1v) is 8.15. The molecule has 0 unspecified atom stereocenters. The molecule has 130 valence electrons. The number of non-ortho nitro benzene ring substituents is 1. The number of rotatable bonds is 5. The Hall–Kier alpha value is -2.96. The lowest BCUT2D eigenvalue weighted by Crippen LogP contribution is -2.08. The number of hydrogen-bond donors (Lipinski definition) is 0. The number of nitro groups is 1. The number of benzene rings is 2. The van der Waals surface area contributed by atoms with Gasteiger partial charge in [-0.1, -0.05) is 23.2 Å². The fourth-order valence-electron chi connectivity index (χ4n) is 2.32. The number of nitrogens with zero attached hydrogens (tertiary/aromatic N) is 3. The van der Waals surface area contributed by atoms with Crippen molar-refractivity contribution in [1.82, 2.24) is 9.55 Å². The molecule has 0 saturated heterocycles. The highest BCUT2D eigenvalue weighted by Crippen LogP contribution is 2.26. The van der Waals surface area contributed by atoms with Crippen LogP contribution in [0, 0.1) is 10.1 Å². The Morgan fingerprint density at radius 2 is 1.88 bits per heavy atom. The number of aromatic nitrogens is 2. The molecule has 26 heavy (non-hydrogen) atoms. The van der Waals surface area contributed by atoms with Gasteiger partial charge in [-0.05, 0) is 42.0 Å². The van der Waals surface area contributed by atoms with Crippen molar-refractivity contribution >= 4 is 46.4 Å². The standard InChI is InChI=1S/C18H11Cl2N3O3/c19-13-3-6-15(16(20)10-13)18(24)17(22-8-7-21-11-22)9-12-1-4-14(5-2-12)23(25)26/h1-11H. The number of ketones is 1. The van der Waals surface area contributed by atoms with Gasteiger partial charge in [0.1, 0.15) is 0 Å². The number of carbonyl (C=O) groups excluding carboxylic acids is 1. The van der Waals surface area contributed by atoms with E-state index in [1.165, 1.54) is 24.5 Å². The van der Waals surface area contributed by atoms with E-state index in [1.54, 1.807) is 47.3 Å². The minimum absolute atomic E-state index is 0.0293. The summed E-state index contributed by atoms with van der Waals surface area (Å²) in [6, 6.07) is 10.5. The molecule has 3 aromatic rings. The van der Waals surface area contributed by atoms with Crippen molar-refractivity contribution in [1.29, 1.82) is 0 Å². The van der Waals surface area contributed by atoms with E-state index in [0.29, 0.717) is 16.3 Å². The molecule has 0 atom stereocenters. The van der Waals surface area contributed by atoms with Gasteiger partial charge >= 0.3 is 0 Å². The van der Waals surface area contributed by atoms with Crippen LogP contribution >= 0.6 is 23.2 Å². The molecule has 0 bridgehead atoms. The van der Waals surface area contributed by atoms with Crippen LogP contribution in [0.25, 0.3) is 11.8 Å². The fourth-order valence-corrected chi connectivity index (χ4v) is 2.82. The summed E-state index contributed by atoms with van der Waals surface area (Å²) in [5, 5.41) is 11.4. The molecule has 6 nitrogen and oxygen atoms in total. The quantitative estimate of drug-likeness (QED) is 0.267. The number of allylic oxidation sites excluding steroid dienone is 1. The predicted molar refractivity (Wildman–Crippen MR) is 100 cm³/mol. The summed E-state index contributed by atoms with van der Waals surface area (Å²) in [5.41, 5.74) is 1.18. The average molecular weight is 388 g/mol. The minimum Gasteiger partial charge on any atom is -0.303 e. The van der Waals surface area contributed by atoms with Crippen LogP contribution in [0.1, 0.15) is 15.9 Å². The van der Waals surface area contributed by atoms with E-state index >= 15 is 0 Å². The first kappa shape index (κ1) is 17.8. The van der Waals surface area contributed by atoms with Crippen molar-refractivity contribution < 1.29 is 9.72 Å². The third kappa shape index (κ3) is 3.82. The number of nitro benzene ring substituents is 1. The predicted octanol–water partition coefficient (Wildman–Crippen LogP) is 4.98. The molecule has 3 rings (SSSR count). The van der Waals surface area contributed by atoms with Gasteiger partial charge in [0.15, 0.2) is 0 Å². The van der Waals surface area contributed by atoms with E-state index in [2.05, 4.69) is 4.98 Å². The van der Waals surface area contributed by atoms with Crippen LogP contribution in [0.3, 0.4) is 0 Å². The molecule has 0 aliphatic heterocycles. The molecule has 2 aromatic carbocycles. The topological polar surface area (TPSA) is 78.0 Å². The zero-order valence-electron chi connectivity index (χ0n) is 13.2. The zero-order chi connectivity index (χ0) is 18.7. The Kier molecular flexibility index (Phi) is 5.16. The highest BCUT2D eigenvalue weighted by atomic mass is 35.5. The second-order valence-electron chi connectivity index (χ2n) is 5.30. The van der Waals surface area contributed by atoms with E-state index in [4.69, 9.17) is 23.2 Å². The largest absolute Gasteiger partial charge is 0.303 e. The van der Waals surface area contributed by atoms with Gasteiger partial charge in [0.05, 0.1) is 22.0 Å².